The van der Waals surface area contributed by atoms with Crippen LogP contribution >= 0.6 is 0 Å². The predicted molar refractivity (Wildman–Crippen MR) is 49.9 cm³/mol. The Morgan fingerprint density at radius 1 is 1.36 bits per heavy atom. The summed E-state index contributed by atoms with van der Waals surface area (Å²) in [5, 5.41) is 0. The molecule has 1 rings (SSSR count). The number of nitrogens with zero attached hydrogens (tertiary/aromatic N) is 1. The van der Waals surface area contributed by atoms with E-state index >= 15 is 0 Å². The molecule has 0 heterocycles. The van der Waals surface area contributed by atoms with Gasteiger partial charge in [-0.1, -0.05) is 12.2 Å². The first-order valence-corrected chi connectivity index (χ1v) is 4.19. The first kappa shape index (κ1) is 8.25. The summed E-state index contributed by atoms with van der Waals surface area (Å²) in [4.78, 5) is 4.10. The molecule has 60 valence electrons. The molecule has 0 aromatic heterocycles. The summed E-state index contributed by atoms with van der Waals surface area (Å²) in [6.45, 7) is 5.94. The Labute approximate surface area is 68.5 Å². The molecular formula is C10H15N. The van der Waals surface area contributed by atoms with E-state index in [2.05, 4.69) is 11.6 Å². The van der Waals surface area contributed by atoms with Crippen LogP contribution in [0.4, 0.5) is 0 Å². The number of rotatable bonds is 1. The molecule has 0 unspecified atom stereocenters. The number of aliphatic imine (C=N–C) groups is 1. The van der Waals surface area contributed by atoms with Crippen LogP contribution in [0.15, 0.2) is 28.9 Å². The van der Waals surface area contributed by atoms with Crippen LogP contribution < -0.4 is 0 Å². The van der Waals surface area contributed by atoms with E-state index in [9.17, 15) is 0 Å². The minimum absolute atomic E-state index is 1.16. The molecule has 0 aromatic rings. The maximum atomic E-state index is 4.10. The van der Waals surface area contributed by atoms with Gasteiger partial charge < -0.3 is 0 Å². The van der Waals surface area contributed by atoms with Crippen molar-refractivity contribution >= 4 is 6.21 Å². The molecule has 0 amide bonds. The average Bonchev–Trinajstić information content (AvgIpc) is 2.03. The summed E-state index contributed by atoms with van der Waals surface area (Å²) in [5.41, 5.74) is 2.62. The predicted octanol–water partition coefficient (Wildman–Crippen LogP) is 3.09. The van der Waals surface area contributed by atoms with Crippen molar-refractivity contribution in [3.63, 3.8) is 0 Å². The topological polar surface area (TPSA) is 12.4 Å². The molecule has 0 atom stereocenters. The molecule has 1 aliphatic rings. The van der Waals surface area contributed by atoms with Crippen LogP contribution in [0, 0.1) is 0 Å². The van der Waals surface area contributed by atoms with Gasteiger partial charge in [-0.15, -0.1) is 0 Å². The minimum Gasteiger partial charge on any atom is -0.269 e. The Kier molecular flexibility index (Phi) is 3.09. The molecule has 0 radical (unpaired) electrons. The van der Waals surface area contributed by atoms with Crippen LogP contribution in [0.1, 0.15) is 32.6 Å². The quantitative estimate of drug-likeness (QED) is 0.508. The second-order valence-corrected chi connectivity index (χ2v) is 2.87. The molecule has 1 nitrogen and oxygen atoms in total. The highest BCUT2D eigenvalue weighted by Gasteiger charge is 2.08. The van der Waals surface area contributed by atoms with E-state index in [0.29, 0.717) is 0 Å². The summed E-state index contributed by atoms with van der Waals surface area (Å²) in [7, 11) is 0. The van der Waals surface area contributed by atoms with Gasteiger partial charge in [0.05, 0.1) is 0 Å². The van der Waals surface area contributed by atoms with Crippen LogP contribution in [0.5, 0.6) is 0 Å². The van der Waals surface area contributed by atoms with Crippen LogP contribution in [0.25, 0.3) is 0 Å². The van der Waals surface area contributed by atoms with Gasteiger partial charge in [0.2, 0.25) is 0 Å². The van der Waals surface area contributed by atoms with Crippen molar-refractivity contribution < 1.29 is 0 Å². The third kappa shape index (κ3) is 2.34. The number of hydrogen-bond donors (Lipinski definition) is 0. The van der Waals surface area contributed by atoms with E-state index in [1.165, 1.54) is 24.0 Å². The van der Waals surface area contributed by atoms with Crippen molar-refractivity contribution in [1.82, 2.24) is 0 Å². The van der Waals surface area contributed by atoms with Crippen molar-refractivity contribution in [3.05, 3.63) is 23.9 Å². The van der Waals surface area contributed by atoms with E-state index in [4.69, 9.17) is 0 Å². The van der Waals surface area contributed by atoms with Crippen molar-refractivity contribution in [2.75, 3.05) is 0 Å². The molecule has 1 heteroatoms. The molecule has 0 aliphatic heterocycles. The number of allylic oxidation sites excluding steroid dienone is 2. The van der Waals surface area contributed by atoms with Gasteiger partial charge in [0, 0.05) is 12.4 Å². The molecule has 11 heavy (non-hydrogen) atoms. The lowest BCUT2D eigenvalue weighted by atomic mass is 9.91. The van der Waals surface area contributed by atoms with Crippen molar-refractivity contribution in [3.8, 4) is 0 Å². The Morgan fingerprint density at radius 2 is 2.09 bits per heavy atom. The smallest absolute Gasteiger partial charge is 0.0298 e. The first-order valence-electron chi connectivity index (χ1n) is 4.19. The minimum atomic E-state index is 1.16. The van der Waals surface area contributed by atoms with E-state index in [1.54, 1.807) is 0 Å². The summed E-state index contributed by atoms with van der Waals surface area (Å²) < 4.78 is 0. The Bertz CT molecular complexity index is 199. The third-order valence-corrected chi connectivity index (χ3v) is 2.01. The lowest BCUT2D eigenvalue weighted by Crippen LogP contribution is -1.96. The fraction of sp³-hybridized carbons (Fsp3) is 0.500. The maximum absolute atomic E-state index is 4.10. The lowest BCUT2D eigenvalue weighted by Gasteiger charge is -2.15. The second-order valence-electron chi connectivity index (χ2n) is 2.87. The van der Waals surface area contributed by atoms with Gasteiger partial charge in [0.1, 0.15) is 0 Å². The lowest BCUT2D eigenvalue weighted by molar-refractivity contribution is 0.679. The van der Waals surface area contributed by atoms with E-state index < -0.39 is 0 Å². The van der Waals surface area contributed by atoms with Crippen molar-refractivity contribution in [2.45, 2.75) is 32.6 Å². The summed E-state index contributed by atoms with van der Waals surface area (Å²) in [5.74, 6) is 0. The zero-order valence-electron chi connectivity index (χ0n) is 7.14. The first-order chi connectivity index (χ1) is 5.34. The van der Waals surface area contributed by atoms with Crippen LogP contribution in [-0.2, 0) is 0 Å². The summed E-state index contributed by atoms with van der Waals surface area (Å²) >= 11 is 0. The van der Waals surface area contributed by atoms with Gasteiger partial charge in [0.25, 0.3) is 0 Å². The Balaban J connectivity index is 2.61. The van der Waals surface area contributed by atoms with E-state index in [-0.39, 0.29) is 0 Å². The fourth-order valence-corrected chi connectivity index (χ4v) is 1.31. The van der Waals surface area contributed by atoms with Crippen LogP contribution in [0.2, 0.25) is 0 Å². The largest absolute Gasteiger partial charge is 0.269 e. The maximum Gasteiger partial charge on any atom is 0.0298 e. The molecule has 0 saturated heterocycles. The third-order valence-electron chi connectivity index (χ3n) is 2.01. The molecule has 0 N–H and O–H groups in total. The Hall–Kier alpha value is -0.850. The normalized spacial score (nSPS) is 23.4. The highest BCUT2D eigenvalue weighted by atomic mass is 14.7. The van der Waals surface area contributed by atoms with Gasteiger partial charge in [-0.2, -0.15) is 0 Å². The monoisotopic (exact) mass is 149 g/mol. The fourth-order valence-electron chi connectivity index (χ4n) is 1.31. The van der Waals surface area contributed by atoms with Gasteiger partial charge >= 0.3 is 0 Å². The zero-order valence-corrected chi connectivity index (χ0v) is 7.14. The van der Waals surface area contributed by atoms with E-state index in [0.717, 1.165) is 12.8 Å². The highest BCUT2D eigenvalue weighted by Crippen LogP contribution is 2.26. The van der Waals surface area contributed by atoms with Crippen molar-refractivity contribution in [1.29, 1.82) is 0 Å². The van der Waals surface area contributed by atoms with Crippen LogP contribution in [-0.4, -0.2) is 6.21 Å². The molecule has 0 aromatic carbocycles. The average molecular weight is 149 g/mol. The molecule has 0 spiro atoms. The van der Waals surface area contributed by atoms with Gasteiger partial charge in [-0.25, -0.2) is 0 Å². The summed E-state index contributed by atoms with van der Waals surface area (Å²) in [6, 6.07) is 0. The summed E-state index contributed by atoms with van der Waals surface area (Å²) in [6.07, 6.45) is 8.67. The van der Waals surface area contributed by atoms with Gasteiger partial charge in [-0.05, 0) is 38.2 Å². The Morgan fingerprint density at radius 3 is 2.73 bits per heavy atom. The molecule has 0 bridgehead atoms. The van der Waals surface area contributed by atoms with Gasteiger partial charge in [-0.3, -0.25) is 4.99 Å². The molecule has 1 fully saturated rings. The van der Waals surface area contributed by atoms with Crippen LogP contribution in [0.3, 0.4) is 0 Å². The van der Waals surface area contributed by atoms with Crippen molar-refractivity contribution in [2.24, 2.45) is 4.99 Å². The molecule has 1 aliphatic carbocycles. The molecular weight excluding hydrogens is 134 g/mol. The SMILES string of the molecule is C=C1CCCC/C1=C/N=CC. The van der Waals surface area contributed by atoms with Gasteiger partial charge in [0.15, 0.2) is 0 Å². The number of hydrogen-bond acceptors (Lipinski definition) is 1. The second kappa shape index (κ2) is 4.12. The standard InChI is InChI=1S/C10H15N/c1-3-11-8-10-7-5-4-6-9(10)2/h3,8H,2,4-7H2,1H3/b10-8-,11-3?. The molecule has 1 saturated carbocycles. The van der Waals surface area contributed by atoms with E-state index in [1.807, 2.05) is 19.3 Å². The highest BCUT2D eigenvalue weighted by molar-refractivity contribution is 5.54. The zero-order chi connectivity index (χ0) is 8.10.